The van der Waals surface area contributed by atoms with Crippen LogP contribution in [0, 0.1) is 0 Å². The van der Waals surface area contributed by atoms with E-state index in [4.69, 9.17) is 68.1 Å². The summed E-state index contributed by atoms with van der Waals surface area (Å²) in [4.78, 5) is 2.26. The molecule has 2 N–H and O–H groups in total. The lowest BCUT2D eigenvalue weighted by molar-refractivity contribution is 0.426. The fourth-order valence-electron chi connectivity index (χ4n) is 16.8. The summed E-state index contributed by atoms with van der Waals surface area (Å²) in [5.74, 6) is 0. The molecule has 0 heterocycles. The molecule has 16 aromatic rings. The molecule has 16 aromatic carbocycles. The number of para-hydroxylation sites is 2. The van der Waals surface area contributed by atoms with Crippen molar-refractivity contribution in [3.63, 3.8) is 0 Å². The first-order valence-corrected chi connectivity index (χ1v) is 41.9. The van der Waals surface area contributed by atoms with Crippen LogP contribution in [0.3, 0.4) is 0 Å². The minimum Gasteiger partial charge on any atom is -0.423 e. The van der Waals surface area contributed by atoms with Gasteiger partial charge >= 0.3 is 7.12 Å². The molecule has 0 fully saturated rings. The van der Waals surface area contributed by atoms with Crippen LogP contribution in [-0.4, -0.2) is 17.2 Å². The fraction of sp³-hybridized carbons (Fsp3) is 0.151. The molecule has 0 spiro atoms. The Labute approximate surface area is 719 Å². The standard InChI is InChI=1S/C37H28ClN.C25H18Cl2.C19H15Br.C13H12.C6H5BCl2O2.C5H12.CH4/c1-37(2)35-23-26(18-19-33(35)34-20-17-25-11-9-10-16-32(25)36(34)37)27-21-28(38)24-31(22-27)39(29-12-5-3-6-13-29)30-14-7-4-8-15-30;1-25(2)23-13-16(17-11-18(26)14-19(27)12-17)8-9-21(23)22-10-7-15-5-3-4-6-20(15)24(22)25;1-19(2)17-11-13(20)8-10-15(17)16-9-7-12-5-3-4-6-14(12)18(16)19;1-3-7-12(8-4-1)11-13-9-5-2-6-10-13;8-5-1-4(7(10)11)2-6(9)3-5;1-3-5-4-2;/h3-24H,1-2H3;3-14H,1-2H3;3-11H,1-2H3;1-10H,11H2;1-3,10-11H;3-5H2,1-2H3;1H4. The van der Waals surface area contributed by atoms with Crippen LogP contribution < -0.4 is 10.4 Å². The Morgan fingerprint density at radius 3 is 1.00 bits per heavy atom. The average Bonchev–Trinajstić information content (AvgIpc) is 1.57. The number of unbranched alkanes of at least 4 members (excludes halogenated alkanes) is 2. The van der Waals surface area contributed by atoms with Crippen LogP contribution >= 0.6 is 73.9 Å². The molecule has 3 nitrogen and oxygen atoms in total. The van der Waals surface area contributed by atoms with Crippen molar-refractivity contribution < 1.29 is 10.0 Å². The molecule has 0 atom stereocenters. The first-order valence-electron chi connectivity index (χ1n) is 39.2. The largest absolute Gasteiger partial charge is 0.488 e. The van der Waals surface area contributed by atoms with Crippen LogP contribution in [0.25, 0.3) is 88.0 Å². The van der Waals surface area contributed by atoms with Gasteiger partial charge in [0.1, 0.15) is 0 Å². The SMILES string of the molecule is C.CC1(C)c2cc(-c3cc(Cl)cc(Cl)c3)ccc2-c2ccc3ccccc3c21.CC1(C)c2cc(-c3cc(Cl)cc(N(c4ccccc4)c4ccccc4)c3)ccc2-c2ccc3ccccc3c21.CC1(C)c2cc(Br)ccc2-c2ccc3ccccc3c21.CCCCC.OB(O)c1cc(Cl)cc(Cl)c1.c1ccc(Cc2ccccc2)cc1. The van der Waals surface area contributed by atoms with Gasteiger partial charge in [0.05, 0.1) is 0 Å². The van der Waals surface area contributed by atoms with E-state index in [0.29, 0.717) is 30.6 Å². The molecule has 3 aliphatic carbocycles. The number of hydrogen-bond acceptors (Lipinski definition) is 3. The molecule has 580 valence electrons. The van der Waals surface area contributed by atoms with E-state index < -0.39 is 7.12 Å². The van der Waals surface area contributed by atoms with Crippen molar-refractivity contribution >= 4 is 136 Å². The molecule has 0 aromatic heterocycles. The van der Waals surface area contributed by atoms with Crippen LogP contribution in [0.2, 0.25) is 25.1 Å². The lowest BCUT2D eigenvalue weighted by atomic mass is 9.79. The first-order chi connectivity index (χ1) is 55.5. The fourth-order valence-corrected chi connectivity index (χ4v) is 18.5. The highest BCUT2D eigenvalue weighted by atomic mass is 79.9. The van der Waals surface area contributed by atoms with Crippen LogP contribution in [0.4, 0.5) is 17.1 Å². The second kappa shape index (κ2) is 36.7. The third kappa shape index (κ3) is 18.1. The van der Waals surface area contributed by atoms with Gasteiger partial charge in [-0.15, -0.1) is 0 Å². The maximum atomic E-state index is 8.71. The minimum atomic E-state index is -1.52. The molecule has 0 saturated heterocycles. The van der Waals surface area contributed by atoms with Crippen molar-refractivity contribution in [3.05, 3.63) is 414 Å². The first kappa shape index (κ1) is 83.9. The van der Waals surface area contributed by atoms with E-state index in [2.05, 4.69) is 361 Å². The molecular weight excluding hydrogens is 1590 g/mol. The van der Waals surface area contributed by atoms with Crippen LogP contribution in [-0.2, 0) is 22.7 Å². The van der Waals surface area contributed by atoms with Gasteiger partial charge in [0, 0.05) is 62.9 Å². The van der Waals surface area contributed by atoms with Gasteiger partial charge in [-0.25, -0.2) is 0 Å². The van der Waals surface area contributed by atoms with Crippen molar-refractivity contribution in [2.45, 2.75) is 105 Å². The summed E-state index contributed by atoms with van der Waals surface area (Å²) in [5, 5.41) is 28.2. The third-order valence-corrected chi connectivity index (χ3v) is 23.8. The average molecular weight is 1680 g/mol. The van der Waals surface area contributed by atoms with E-state index in [1.165, 1.54) is 153 Å². The van der Waals surface area contributed by atoms with Gasteiger partial charge in [-0.3, -0.25) is 0 Å². The lowest BCUT2D eigenvalue weighted by Crippen LogP contribution is -2.29. The second-order valence-electron chi connectivity index (χ2n) is 31.2. The van der Waals surface area contributed by atoms with Crippen LogP contribution in [0.15, 0.2) is 344 Å². The van der Waals surface area contributed by atoms with Crippen molar-refractivity contribution in [1.82, 2.24) is 0 Å². The summed E-state index contributed by atoms with van der Waals surface area (Å²) >= 11 is 34.0. The Morgan fingerprint density at radius 1 is 0.310 bits per heavy atom. The van der Waals surface area contributed by atoms with E-state index in [1.807, 2.05) is 30.3 Å². The van der Waals surface area contributed by atoms with Crippen molar-refractivity contribution in [3.8, 4) is 55.6 Å². The normalized spacial score (nSPS) is 12.8. The highest BCUT2D eigenvalue weighted by Crippen LogP contribution is 2.56. The van der Waals surface area contributed by atoms with E-state index >= 15 is 0 Å². The molecule has 116 heavy (non-hydrogen) atoms. The van der Waals surface area contributed by atoms with Gasteiger partial charge in [-0.2, -0.15) is 0 Å². The Kier molecular flexibility index (Phi) is 26.5. The molecular formula is C106H94BBrCl5NO2. The van der Waals surface area contributed by atoms with E-state index in [0.717, 1.165) is 44.6 Å². The number of benzene rings is 16. The van der Waals surface area contributed by atoms with Crippen molar-refractivity contribution in [2.24, 2.45) is 0 Å². The topological polar surface area (TPSA) is 43.7 Å². The quantitative estimate of drug-likeness (QED) is 0.134. The summed E-state index contributed by atoms with van der Waals surface area (Å²) < 4.78 is 1.15. The number of hydrogen-bond donors (Lipinski definition) is 2. The van der Waals surface area contributed by atoms with Gasteiger partial charge in [0.15, 0.2) is 0 Å². The third-order valence-electron chi connectivity index (χ3n) is 22.3. The summed E-state index contributed by atoms with van der Waals surface area (Å²) in [7, 11) is -1.52. The highest BCUT2D eigenvalue weighted by Gasteiger charge is 2.40. The van der Waals surface area contributed by atoms with E-state index in [1.54, 1.807) is 6.07 Å². The Hall–Kier alpha value is -9.99. The molecule has 3 aliphatic rings. The van der Waals surface area contributed by atoms with Gasteiger partial charge in [0.2, 0.25) is 0 Å². The predicted octanol–water partition coefficient (Wildman–Crippen LogP) is 31.7. The molecule has 0 radical (unpaired) electrons. The molecule has 10 heteroatoms. The Bertz CT molecular complexity index is 6050. The molecule has 0 amide bonds. The zero-order valence-corrected chi connectivity index (χ0v) is 71.2. The summed E-state index contributed by atoms with van der Waals surface area (Å²) in [6.07, 6.45) is 5.11. The maximum absolute atomic E-state index is 8.71. The van der Waals surface area contributed by atoms with Gasteiger partial charge in [0.25, 0.3) is 0 Å². The highest BCUT2D eigenvalue weighted by molar-refractivity contribution is 9.10. The van der Waals surface area contributed by atoms with Crippen LogP contribution in [0.5, 0.6) is 0 Å². The van der Waals surface area contributed by atoms with Gasteiger partial charge in [-0.05, 0) is 247 Å². The zero-order valence-electron chi connectivity index (χ0n) is 65.8. The van der Waals surface area contributed by atoms with Crippen molar-refractivity contribution in [1.29, 1.82) is 0 Å². The Balaban J connectivity index is 0.000000132. The molecule has 19 rings (SSSR count). The summed E-state index contributed by atoms with van der Waals surface area (Å²) in [6, 6.07) is 118. The number of halogens is 6. The second-order valence-corrected chi connectivity index (χ2v) is 34.3. The molecule has 0 saturated carbocycles. The number of anilines is 3. The van der Waals surface area contributed by atoms with Gasteiger partial charge in [-0.1, -0.05) is 393 Å². The smallest absolute Gasteiger partial charge is 0.423 e. The molecule has 0 unspecified atom stereocenters. The summed E-state index contributed by atoms with van der Waals surface area (Å²) in [5.41, 5.74) is 27.1. The number of rotatable bonds is 10. The minimum absolute atomic E-state index is 0. The van der Waals surface area contributed by atoms with E-state index in [9.17, 15) is 0 Å². The monoisotopic (exact) mass is 1680 g/mol. The van der Waals surface area contributed by atoms with Gasteiger partial charge < -0.3 is 14.9 Å². The number of fused-ring (bicyclic) bond motifs is 15. The van der Waals surface area contributed by atoms with E-state index in [-0.39, 0.29) is 23.7 Å². The Morgan fingerprint density at radius 2 is 0.629 bits per heavy atom. The zero-order chi connectivity index (χ0) is 80.7. The predicted molar refractivity (Wildman–Crippen MR) is 507 cm³/mol. The van der Waals surface area contributed by atoms with Crippen LogP contribution in [0.1, 0.15) is 127 Å². The van der Waals surface area contributed by atoms with Crippen molar-refractivity contribution in [2.75, 3.05) is 4.90 Å². The molecule has 0 aliphatic heterocycles. The lowest BCUT2D eigenvalue weighted by Gasteiger charge is -2.26. The molecule has 0 bridgehead atoms. The number of nitrogens with zero attached hydrogens (tertiary/aromatic N) is 1. The maximum Gasteiger partial charge on any atom is 0.488 e. The summed E-state index contributed by atoms with van der Waals surface area (Å²) in [6.45, 7) is 18.4.